The Hall–Kier alpha value is -1.29. The van der Waals surface area contributed by atoms with Crippen molar-refractivity contribution in [2.75, 3.05) is 9.66 Å². The summed E-state index contributed by atoms with van der Waals surface area (Å²) in [7, 11) is 0. The van der Waals surface area contributed by atoms with Crippen LogP contribution in [0.3, 0.4) is 0 Å². The molecule has 0 radical (unpaired) electrons. The molecule has 96 valence electrons. The fraction of sp³-hybridized carbons (Fsp3) is 0.176. The molecule has 0 amide bonds. The summed E-state index contributed by atoms with van der Waals surface area (Å²) in [6.07, 6.45) is 15.2. The van der Waals surface area contributed by atoms with E-state index in [4.69, 9.17) is 0 Å². The molecule has 1 aliphatic carbocycles. The molecule has 1 aromatic rings. The Morgan fingerprint density at radius 3 is 2.89 bits per heavy atom. The highest BCUT2D eigenvalue weighted by Crippen LogP contribution is 2.37. The number of anilines is 1. The minimum absolute atomic E-state index is 0.916. The van der Waals surface area contributed by atoms with E-state index in [0.29, 0.717) is 0 Å². The van der Waals surface area contributed by atoms with E-state index in [1.165, 1.54) is 22.4 Å². The third kappa shape index (κ3) is 2.41. The van der Waals surface area contributed by atoms with Gasteiger partial charge in [-0.2, -0.15) is 0 Å². The zero-order valence-electron chi connectivity index (χ0n) is 10.8. The van der Waals surface area contributed by atoms with Crippen LogP contribution < -0.4 is 3.11 Å². The van der Waals surface area contributed by atoms with Crippen LogP contribution >= 0.6 is 22.9 Å². The number of rotatable bonds is 0. The average molecular weight is 361 g/mol. The first kappa shape index (κ1) is 12.7. The Kier molecular flexibility index (Phi) is 3.60. The lowest BCUT2D eigenvalue weighted by Gasteiger charge is -2.24. The van der Waals surface area contributed by atoms with Crippen LogP contribution in [0.25, 0.3) is 11.6 Å². The molecule has 1 nitrogen and oxygen atoms in total. The molecule has 0 fully saturated rings. The molecule has 0 N–H and O–H groups in total. The van der Waals surface area contributed by atoms with Gasteiger partial charge in [0.05, 0.1) is 28.6 Å². The number of fused-ring (bicyclic) bond motifs is 3. The molecule has 1 heterocycles. The smallest absolute Gasteiger partial charge is 0.0594 e. The van der Waals surface area contributed by atoms with Crippen molar-refractivity contribution in [3.8, 4) is 0 Å². The quantitative estimate of drug-likeness (QED) is 0.467. The van der Waals surface area contributed by atoms with Gasteiger partial charge in [-0.05, 0) is 35.6 Å². The topological polar surface area (TPSA) is 3.24 Å². The van der Waals surface area contributed by atoms with Gasteiger partial charge < -0.3 is 3.11 Å². The first-order valence-corrected chi connectivity index (χ1v) is 7.52. The number of hydrogen-bond acceptors (Lipinski definition) is 1. The van der Waals surface area contributed by atoms with Gasteiger partial charge in [0.1, 0.15) is 0 Å². The highest BCUT2D eigenvalue weighted by atomic mass is 127. The lowest BCUT2D eigenvalue weighted by Crippen LogP contribution is -2.13. The Labute approximate surface area is 128 Å². The number of benzene rings is 1. The maximum Gasteiger partial charge on any atom is 0.0594 e. The van der Waals surface area contributed by atoms with Gasteiger partial charge in [0, 0.05) is 12.1 Å². The molecule has 2 aliphatic rings. The van der Waals surface area contributed by atoms with Gasteiger partial charge in [-0.25, -0.2) is 0 Å². The van der Waals surface area contributed by atoms with E-state index in [1.807, 2.05) is 0 Å². The molecule has 1 aromatic carbocycles. The Bertz CT molecular complexity index is 608. The molecule has 0 bridgehead atoms. The minimum Gasteiger partial charge on any atom is -0.310 e. The zero-order valence-corrected chi connectivity index (χ0v) is 12.9. The fourth-order valence-corrected chi connectivity index (χ4v) is 3.29. The van der Waals surface area contributed by atoms with E-state index < -0.39 is 0 Å². The SMILES string of the molecule is C=C1/C=C\C=C/CN(I)c2ccc3c(c21)CCC=C3. The van der Waals surface area contributed by atoms with Crippen LogP contribution in [0.1, 0.15) is 23.1 Å². The monoisotopic (exact) mass is 361 g/mol. The third-order valence-corrected chi connectivity index (χ3v) is 4.49. The van der Waals surface area contributed by atoms with Crippen molar-refractivity contribution in [3.05, 3.63) is 65.8 Å². The second-order valence-corrected chi connectivity index (χ2v) is 5.99. The number of halogens is 1. The highest BCUT2D eigenvalue weighted by molar-refractivity contribution is 14.1. The summed E-state index contributed by atoms with van der Waals surface area (Å²) < 4.78 is 2.26. The van der Waals surface area contributed by atoms with E-state index in [0.717, 1.165) is 25.0 Å². The van der Waals surface area contributed by atoms with Gasteiger partial charge in [-0.3, -0.25) is 0 Å². The van der Waals surface area contributed by atoms with Crippen molar-refractivity contribution in [3.63, 3.8) is 0 Å². The van der Waals surface area contributed by atoms with Gasteiger partial charge in [-0.1, -0.05) is 49.1 Å². The van der Waals surface area contributed by atoms with Gasteiger partial charge in [0.25, 0.3) is 0 Å². The Balaban J connectivity index is 2.23. The number of allylic oxidation sites excluding steroid dienone is 5. The predicted molar refractivity (Wildman–Crippen MR) is 92.5 cm³/mol. The summed E-state index contributed by atoms with van der Waals surface area (Å²) in [6.45, 7) is 5.18. The standard InChI is InChI=1S/C17H16IN/c1-13-7-3-2-6-12-19(18)16-11-10-14-8-4-5-9-15(14)17(13)16/h2-4,6-8,10-11H,1,5,9,12H2/b6-2-,7-3-. The van der Waals surface area contributed by atoms with Crippen molar-refractivity contribution < 1.29 is 0 Å². The number of hydrogen-bond donors (Lipinski definition) is 0. The minimum atomic E-state index is 0.916. The van der Waals surface area contributed by atoms with Crippen LogP contribution in [-0.2, 0) is 6.42 Å². The van der Waals surface area contributed by atoms with Crippen LogP contribution in [0.5, 0.6) is 0 Å². The van der Waals surface area contributed by atoms with Crippen LogP contribution in [0.4, 0.5) is 5.69 Å². The van der Waals surface area contributed by atoms with Crippen molar-refractivity contribution >= 4 is 40.2 Å². The molecule has 0 saturated carbocycles. The largest absolute Gasteiger partial charge is 0.310 e. The lowest BCUT2D eigenvalue weighted by molar-refractivity contribution is 0.979. The van der Waals surface area contributed by atoms with E-state index >= 15 is 0 Å². The molecule has 19 heavy (non-hydrogen) atoms. The lowest BCUT2D eigenvalue weighted by atomic mass is 9.88. The van der Waals surface area contributed by atoms with Gasteiger partial charge in [0.2, 0.25) is 0 Å². The second kappa shape index (κ2) is 5.37. The van der Waals surface area contributed by atoms with E-state index in [-0.39, 0.29) is 0 Å². The molecule has 2 heteroatoms. The summed E-state index contributed by atoms with van der Waals surface area (Å²) in [5.74, 6) is 0. The molecule has 1 aliphatic heterocycles. The average Bonchev–Trinajstić information content (AvgIpc) is 2.50. The molecule has 0 unspecified atom stereocenters. The summed E-state index contributed by atoms with van der Waals surface area (Å²) >= 11 is 2.39. The van der Waals surface area contributed by atoms with Crippen LogP contribution in [0.15, 0.2) is 49.1 Å². The van der Waals surface area contributed by atoms with Crippen LogP contribution in [0, 0.1) is 0 Å². The summed E-state index contributed by atoms with van der Waals surface area (Å²) in [6, 6.07) is 4.45. The third-order valence-electron chi connectivity index (χ3n) is 3.58. The maximum atomic E-state index is 4.27. The summed E-state index contributed by atoms with van der Waals surface area (Å²) in [5.41, 5.74) is 6.48. The second-order valence-electron chi connectivity index (χ2n) is 4.83. The molecule has 0 spiro atoms. The first-order chi connectivity index (χ1) is 9.27. The molecular formula is C17H16IN. The van der Waals surface area contributed by atoms with E-state index in [2.05, 4.69) is 81.1 Å². The predicted octanol–water partition coefficient (Wildman–Crippen LogP) is 4.94. The molecule has 0 atom stereocenters. The van der Waals surface area contributed by atoms with Gasteiger partial charge in [0.15, 0.2) is 0 Å². The van der Waals surface area contributed by atoms with Crippen molar-refractivity contribution in [2.24, 2.45) is 0 Å². The molecule has 0 saturated heterocycles. The fourth-order valence-electron chi connectivity index (χ4n) is 2.66. The van der Waals surface area contributed by atoms with Crippen LogP contribution in [0.2, 0.25) is 0 Å². The van der Waals surface area contributed by atoms with E-state index in [9.17, 15) is 0 Å². The molecule has 3 rings (SSSR count). The molecule has 0 aromatic heterocycles. The summed E-state index contributed by atoms with van der Waals surface area (Å²) in [5, 5.41) is 0. The molecular weight excluding hydrogens is 345 g/mol. The zero-order chi connectivity index (χ0) is 13.2. The Morgan fingerprint density at radius 2 is 2.00 bits per heavy atom. The van der Waals surface area contributed by atoms with Crippen LogP contribution in [-0.4, -0.2) is 6.54 Å². The van der Waals surface area contributed by atoms with Gasteiger partial charge >= 0.3 is 0 Å². The van der Waals surface area contributed by atoms with Crippen molar-refractivity contribution in [1.82, 2.24) is 0 Å². The van der Waals surface area contributed by atoms with Crippen molar-refractivity contribution in [2.45, 2.75) is 12.8 Å². The maximum absolute atomic E-state index is 4.27. The van der Waals surface area contributed by atoms with Crippen molar-refractivity contribution in [1.29, 1.82) is 0 Å². The number of nitrogens with zero attached hydrogens (tertiary/aromatic N) is 1. The highest BCUT2D eigenvalue weighted by Gasteiger charge is 2.18. The Morgan fingerprint density at radius 1 is 1.11 bits per heavy atom. The summed E-state index contributed by atoms with van der Waals surface area (Å²) in [4.78, 5) is 0. The van der Waals surface area contributed by atoms with Gasteiger partial charge in [-0.15, -0.1) is 0 Å². The van der Waals surface area contributed by atoms with E-state index in [1.54, 1.807) is 0 Å². The normalized spacial score (nSPS) is 20.9. The first-order valence-electron chi connectivity index (χ1n) is 6.55.